The summed E-state index contributed by atoms with van der Waals surface area (Å²) in [6.07, 6.45) is -0.674. The number of nitrogens with one attached hydrogen (secondary N) is 1. The molecule has 1 atom stereocenters. The molecule has 0 unspecified atom stereocenters. The number of ether oxygens (including phenoxy) is 1. The van der Waals surface area contributed by atoms with Crippen molar-refractivity contribution in [1.29, 1.82) is 0 Å². The van der Waals surface area contributed by atoms with Gasteiger partial charge in [0.05, 0.1) is 22.8 Å². The van der Waals surface area contributed by atoms with Gasteiger partial charge in [-0.05, 0) is 52.0 Å². The van der Waals surface area contributed by atoms with Crippen LogP contribution in [0.15, 0.2) is 24.3 Å². The first kappa shape index (κ1) is 17.7. The van der Waals surface area contributed by atoms with Gasteiger partial charge in [0, 0.05) is 5.39 Å². The van der Waals surface area contributed by atoms with Gasteiger partial charge in [0.2, 0.25) is 0 Å². The van der Waals surface area contributed by atoms with Crippen molar-refractivity contribution in [2.45, 2.75) is 39.3 Å². The van der Waals surface area contributed by atoms with Crippen molar-refractivity contribution in [3.05, 3.63) is 41.3 Å². The van der Waals surface area contributed by atoms with Crippen molar-refractivity contribution in [3.8, 4) is 0 Å². The molecule has 6 nitrogen and oxygen atoms in total. The molecule has 0 fully saturated rings. The van der Waals surface area contributed by atoms with E-state index in [2.05, 4.69) is 10.3 Å². The standard InChI is InChI=1S/C17H19FN2O4/c1-9(19-16(23)24-17(2,3)4)14-12(15(21)22)8-10-7-11(18)5-6-13(10)20-14/h5-9H,1-4H3,(H,19,23)(H,21,22)/t9-/m0/s1. The number of aromatic nitrogens is 1. The first-order chi connectivity index (χ1) is 11.1. The molecular weight excluding hydrogens is 315 g/mol. The van der Waals surface area contributed by atoms with Crippen LogP contribution in [0.2, 0.25) is 0 Å². The van der Waals surface area contributed by atoms with Gasteiger partial charge in [-0.15, -0.1) is 0 Å². The van der Waals surface area contributed by atoms with E-state index in [4.69, 9.17) is 4.74 Å². The fraction of sp³-hybridized carbons (Fsp3) is 0.353. The Morgan fingerprint density at radius 1 is 1.29 bits per heavy atom. The van der Waals surface area contributed by atoms with Gasteiger partial charge in [0.1, 0.15) is 11.4 Å². The van der Waals surface area contributed by atoms with Crippen molar-refractivity contribution < 1.29 is 23.8 Å². The smallest absolute Gasteiger partial charge is 0.408 e. The maximum absolute atomic E-state index is 13.3. The number of benzene rings is 1. The molecule has 0 aliphatic carbocycles. The van der Waals surface area contributed by atoms with Crippen molar-refractivity contribution in [3.63, 3.8) is 0 Å². The monoisotopic (exact) mass is 334 g/mol. The molecule has 2 aromatic rings. The maximum Gasteiger partial charge on any atom is 0.408 e. The fourth-order valence-electron chi connectivity index (χ4n) is 2.22. The summed E-state index contributed by atoms with van der Waals surface area (Å²) in [5.41, 5.74) is -0.160. The molecule has 128 valence electrons. The highest BCUT2D eigenvalue weighted by molar-refractivity contribution is 5.94. The molecule has 0 radical (unpaired) electrons. The third kappa shape index (κ3) is 4.18. The number of carboxylic acid groups (broad SMARTS) is 1. The van der Waals surface area contributed by atoms with Crippen LogP contribution in [0.25, 0.3) is 10.9 Å². The van der Waals surface area contributed by atoms with E-state index in [1.165, 1.54) is 24.3 Å². The molecule has 1 aromatic carbocycles. The van der Waals surface area contributed by atoms with Crippen molar-refractivity contribution in [1.82, 2.24) is 10.3 Å². The summed E-state index contributed by atoms with van der Waals surface area (Å²) in [6, 6.07) is 4.56. The minimum absolute atomic E-state index is 0.100. The number of alkyl carbamates (subject to hydrolysis) is 1. The van der Waals surface area contributed by atoms with E-state index >= 15 is 0 Å². The summed E-state index contributed by atoms with van der Waals surface area (Å²) in [7, 11) is 0. The van der Waals surface area contributed by atoms with Crippen LogP contribution in [0.3, 0.4) is 0 Å². The quantitative estimate of drug-likeness (QED) is 0.894. The first-order valence-electron chi connectivity index (χ1n) is 7.40. The normalized spacial score (nSPS) is 12.7. The Hall–Kier alpha value is -2.70. The summed E-state index contributed by atoms with van der Waals surface area (Å²) < 4.78 is 18.5. The second-order valence-corrected chi connectivity index (χ2v) is 6.43. The van der Waals surface area contributed by atoms with Crippen LogP contribution < -0.4 is 5.32 Å². The second-order valence-electron chi connectivity index (χ2n) is 6.43. The van der Waals surface area contributed by atoms with Crippen LogP contribution in [-0.2, 0) is 4.74 Å². The van der Waals surface area contributed by atoms with E-state index in [9.17, 15) is 19.1 Å². The highest BCUT2D eigenvalue weighted by Crippen LogP contribution is 2.23. The number of carbonyl (C=O) groups excluding carboxylic acids is 1. The zero-order chi connectivity index (χ0) is 18.1. The average molecular weight is 334 g/mol. The Balaban J connectivity index is 2.38. The fourth-order valence-corrected chi connectivity index (χ4v) is 2.22. The highest BCUT2D eigenvalue weighted by atomic mass is 19.1. The van der Waals surface area contributed by atoms with E-state index in [1.54, 1.807) is 27.7 Å². The van der Waals surface area contributed by atoms with E-state index in [1.807, 2.05) is 0 Å². The number of halogens is 1. The van der Waals surface area contributed by atoms with Gasteiger partial charge >= 0.3 is 12.1 Å². The number of hydrogen-bond acceptors (Lipinski definition) is 4. The lowest BCUT2D eigenvalue weighted by atomic mass is 10.0. The molecule has 0 aliphatic rings. The van der Waals surface area contributed by atoms with Gasteiger partial charge in [-0.3, -0.25) is 0 Å². The number of amides is 1. The number of fused-ring (bicyclic) bond motifs is 1. The average Bonchev–Trinajstić information content (AvgIpc) is 2.43. The molecule has 24 heavy (non-hydrogen) atoms. The lowest BCUT2D eigenvalue weighted by Crippen LogP contribution is -2.34. The van der Waals surface area contributed by atoms with Crippen molar-refractivity contribution in [2.75, 3.05) is 0 Å². The van der Waals surface area contributed by atoms with E-state index in [0.717, 1.165) is 0 Å². The molecule has 0 saturated carbocycles. The third-order valence-corrected chi connectivity index (χ3v) is 3.18. The summed E-state index contributed by atoms with van der Waals surface area (Å²) in [5.74, 6) is -1.69. The van der Waals surface area contributed by atoms with Crippen molar-refractivity contribution in [2.24, 2.45) is 0 Å². The Bertz CT molecular complexity index is 799. The first-order valence-corrected chi connectivity index (χ1v) is 7.40. The minimum Gasteiger partial charge on any atom is -0.478 e. The summed E-state index contributed by atoms with van der Waals surface area (Å²) in [5, 5.41) is 12.3. The molecule has 2 rings (SSSR count). The lowest BCUT2D eigenvalue weighted by molar-refractivity contribution is 0.0503. The summed E-state index contributed by atoms with van der Waals surface area (Å²) >= 11 is 0. The van der Waals surface area contributed by atoms with Crippen LogP contribution in [0.5, 0.6) is 0 Å². The van der Waals surface area contributed by atoms with Gasteiger partial charge in [0.15, 0.2) is 0 Å². The Morgan fingerprint density at radius 3 is 2.54 bits per heavy atom. The van der Waals surface area contributed by atoms with Crippen LogP contribution in [0, 0.1) is 5.82 Å². The number of hydrogen-bond donors (Lipinski definition) is 2. The van der Waals surface area contributed by atoms with Gasteiger partial charge < -0.3 is 15.2 Å². The minimum atomic E-state index is -1.21. The van der Waals surface area contributed by atoms with Gasteiger partial charge in [-0.2, -0.15) is 0 Å². The van der Waals surface area contributed by atoms with Gasteiger partial charge in [0.25, 0.3) is 0 Å². The Labute approximate surface area is 138 Å². The number of pyridine rings is 1. The molecule has 1 heterocycles. The van der Waals surface area contributed by atoms with E-state index in [-0.39, 0.29) is 11.3 Å². The molecule has 0 bridgehead atoms. The predicted octanol–water partition coefficient (Wildman–Crippen LogP) is 3.66. The molecule has 0 saturated heterocycles. The molecule has 7 heteroatoms. The van der Waals surface area contributed by atoms with Gasteiger partial charge in [-0.25, -0.2) is 19.0 Å². The zero-order valence-electron chi connectivity index (χ0n) is 13.9. The molecule has 0 aliphatic heterocycles. The Morgan fingerprint density at radius 2 is 1.96 bits per heavy atom. The van der Waals surface area contributed by atoms with Crippen LogP contribution in [-0.4, -0.2) is 27.8 Å². The SMILES string of the molecule is C[C@H](NC(=O)OC(C)(C)C)c1nc2ccc(F)cc2cc1C(=O)O. The van der Waals surface area contributed by atoms with Crippen LogP contribution in [0.4, 0.5) is 9.18 Å². The number of carboxylic acids is 1. The van der Waals surface area contributed by atoms with Gasteiger partial charge in [-0.1, -0.05) is 0 Å². The topological polar surface area (TPSA) is 88.5 Å². The summed E-state index contributed by atoms with van der Waals surface area (Å²) in [4.78, 5) is 27.6. The number of carbonyl (C=O) groups is 2. The third-order valence-electron chi connectivity index (χ3n) is 3.18. The largest absolute Gasteiger partial charge is 0.478 e. The summed E-state index contributed by atoms with van der Waals surface area (Å²) in [6.45, 7) is 6.78. The second kappa shape index (κ2) is 6.43. The van der Waals surface area contributed by atoms with E-state index in [0.29, 0.717) is 10.9 Å². The number of aromatic carboxylic acids is 1. The molecule has 2 N–H and O–H groups in total. The van der Waals surface area contributed by atoms with Crippen LogP contribution in [0.1, 0.15) is 49.8 Å². The molecule has 1 aromatic heterocycles. The Kier molecular flexibility index (Phi) is 4.73. The predicted molar refractivity (Wildman–Crippen MR) is 86.4 cm³/mol. The lowest BCUT2D eigenvalue weighted by Gasteiger charge is -2.22. The maximum atomic E-state index is 13.3. The van der Waals surface area contributed by atoms with E-state index < -0.39 is 29.5 Å². The molecular formula is C17H19FN2O4. The molecule has 0 spiro atoms. The van der Waals surface area contributed by atoms with Crippen LogP contribution >= 0.6 is 0 Å². The number of rotatable bonds is 3. The molecule has 1 amide bonds. The zero-order valence-corrected chi connectivity index (χ0v) is 13.9. The van der Waals surface area contributed by atoms with Crippen molar-refractivity contribution >= 4 is 23.0 Å². The highest BCUT2D eigenvalue weighted by Gasteiger charge is 2.23. The number of nitrogens with zero attached hydrogens (tertiary/aromatic N) is 1.